The highest BCUT2D eigenvalue weighted by atomic mass is 31.2. The van der Waals surface area contributed by atoms with Crippen LogP contribution in [0, 0.1) is 0 Å². The number of nitrogens with zero attached hydrogens (tertiary/aromatic N) is 10. The second-order valence-corrected chi connectivity index (χ2v) is 21.3. The van der Waals surface area contributed by atoms with Crippen molar-refractivity contribution in [2.24, 2.45) is 0 Å². The van der Waals surface area contributed by atoms with Gasteiger partial charge < -0.3 is 70.6 Å². The number of hydrogen-bond acceptors (Lipinski definition) is 27. The van der Waals surface area contributed by atoms with Crippen molar-refractivity contribution < 1.29 is 90.2 Å². The molecule has 3 aliphatic rings. The molecule has 3 fully saturated rings. The zero-order valence-electron chi connectivity index (χ0n) is 39.3. The summed E-state index contributed by atoms with van der Waals surface area (Å²) in [6.07, 6.45) is -15.9. The Balaban J connectivity index is 0.876. The van der Waals surface area contributed by atoms with Crippen LogP contribution in [0.3, 0.4) is 0 Å². The van der Waals surface area contributed by atoms with Crippen LogP contribution >= 0.6 is 23.5 Å². The normalized spacial score (nSPS) is 28.4. The summed E-state index contributed by atoms with van der Waals surface area (Å²) >= 11 is 0. The summed E-state index contributed by atoms with van der Waals surface area (Å²) in [4.78, 5) is 100. The molecule has 0 aliphatic carbocycles. The van der Waals surface area contributed by atoms with Gasteiger partial charge in [-0.2, -0.15) is 9.97 Å². The molecule has 0 amide bonds. The molecule has 39 heteroatoms. The molecule has 0 bridgehead atoms. The summed E-state index contributed by atoms with van der Waals surface area (Å²) in [6, 6.07) is 9.35. The Morgan fingerprint density at radius 2 is 1.13 bits per heavy atom. The summed E-state index contributed by atoms with van der Waals surface area (Å²) in [5.74, 6) is -0.378. The molecule has 9 heterocycles. The molecule has 3 saturated heterocycles. The molecule has 0 spiro atoms. The van der Waals surface area contributed by atoms with E-state index in [1.165, 1.54) is 24.3 Å². The second kappa shape index (κ2) is 21.3. The first-order chi connectivity index (χ1) is 36.6. The fourth-order valence-corrected chi connectivity index (χ4v) is 11.1. The fraction of sp³-hybridized carbons (Fsp3) is 0.447. The van der Waals surface area contributed by atoms with Crippen LogP contribution < -0.4 is 27.9 Å². The van der Waals surface area contributed by atoms with E-state index in [9.17, 15) is 58.2 Å². The third kappa shape index (κ3) is 11.2. The smallest absolute Gasteiger partial charge is 0.387 e. The number of aliphatic hydroxyl groups excluding tert-OH is 3. The van der Waals surface area contributed by atoms with Gasteiger partial charge in [0.05, 0.1) is 38.8 Å². The number of H-pyrrole nitrogens is 2. The standard InChI is InChI=1S/C38H46N15O21P3/c1-66-27-26(18(9-67-75(59,60)61)72-36(27)51-12-44-19-28(42-11-43-29(19)51)41-7-15-5-3-2-4-6-15)74-77(64,65)69-10-17-25(24(56)35(71-17)53-14-46-21-31(53)48-38(40)50-33(21)58)73-76(62,63)68-8-16-22(54)23(55)34(70-16)52-13-45-20-30(52)47-37(39)49-32(20)57/h2-6,11-14,16-18,22-27,34-36,54-56H,7-10H2,1H3,(H,62,63)(H,64,65)(H,41,42,43)(H2,59,60,61)(H3,39,47,49,57)(H3,40,48,50,58)/t16-,17-,18-,22?,23?,24?,25?,26?,27?,34-,35-,36-/m1/s1. The third-order valence-electron chi connectivity index (χ3n) is 12.3. The van der Waals surface area contributed by atoms with Crippen LogP contribution in [0.1, 0.15) is 24.2 Å². The molecule has 3 aliphatic heterocycles. The van der Waals surface area contributed by atoms with E-state index in [1.54, 1.807) is 0 Å². The van der Waals surface area contributed by atoms with Gasteiger partial charge in [0.1, 0.15) is 61.3 Å². The minimum Gasteiger partial charge on any atom is -0.387 e. The van der Waals surface area contributed by atoms with Crippen LogP contribution in [-0.2, 0) is 61.8 Å². The quantitative estimate of drug-likeness (QED) is 0.0360. The number of imidazole rings is 3. The Morgan fingerprint density at radius 3 is 1.73 bits per heavy atom. The molecule has 414 valence electrons. The molecular formula is C38H46N15O21P3. The van der Waals surface area contributed by atoms with E-state index in [2.05, 4.69) is 50.2 Å². The van der Waals surface area contributed by atoms with Crippen molar-refractivity contribution in [3.8, 4) is 0 Å². The zero-order valence-corrected chi connectivity index (χ0v) is 42.0. The van der Waals surface area contributed by atoms with Crippen molar-refractivity contribution in [1.82, 2.24) is 58.6 Å². The average Bonchev–Trinajstić information content (AvgIpc) is 4.27. The van der Waals surface area contributed by atoms with Gasteiger partial charge in [-0.15, -0.1) is 0 Å². The Morgan fingerprint density at radius 1 is 0.623 bits per heavy atom. The lowest BCUT2D eigenvalue weighted by molar-refractivity contribution is -0.0618. The minimum atomic E-state index is -5.51. The van der Waals surface area contributed by atoms with E-state index in [0.717, 1.165) is 27.4 Å². The molecule has 1 aromatic carbocycles. The van der Waals surface area contributed by atoms with Crippen LogP contribution in [0.2, 0.25) is 0 Å². The summed E-state index contributed by atoms with van der Waals surface area (Å²) in [6.45, 7) is -2.71. The molecule has 77 heavy (non-hydrogen) atoms. The number of aromatic amines is 2. The molecular weight excluding hydrogens is 1100 g/mol. The first kappa shape index (κ1) is 54.3. The molecule has 0 radical (unpaired) electrons. The van der Waals surface area contributed by atoms with Gasteiger partial charge in [-0.25, -0.2) is 38.6 Å². The van der Waals surface area contributed by atoms with Gasteiger partial charge in [-0.1, -0.05) is 30.3 Å². The predicted octanol–water partition coefficient (Wildman–Crippen LogP) is -2.23. The van der Waals surface area contributed by atoms with Crippen molar-refractivity contribution in [2.45, 2.75) is 80.2 Å². The van der Waals surface area contributed by atoms with E-state index < -0.39 is 128 Å². The molecule has 0 saturated carbocycles. The van der Waals surface area contributed by atoms with Gasteiger partial charge in [0.15, 0.2) is 58.0 Å². The summed E-state index contributed by atoms with van der Waals surface area (Å²) in [5.41, 5.74) is 10.4. The van der Waals surface area contributed by atoms with Gasteiger partial charge in [0.2, 0.25) is 11.9 Å². The topological polar surface area (TPSA) is 511 Å². The lowest BCUT2D eigenvalue weighted by Crippen LogP contribution is -2.38. The average molecular weight is 1140 g/mol. The van der Waals surface area contributed by atoms with E-state index in [4.69, 9.17) is 53.0 Å². The highest BCUT2D eigenvalue weighted by Gasteiger charge is 2.54. The number of benzene rings is 1. The van der Waals surface area contributed by atoms with Crippen LogP contribution in [0.15, 0.2) is 65.2 Å². The van der Waals surface area contributed by atoms with Crippen molar-refractivity contribution in [3.63, 3.8) is 0 Å². The molecule has 8 unspecified atom stereocenters. The summed E-state index contributed by atoms with van der Waals surface area (Å²) in [7, 11) is -15.0. The maximum absolute atomic E-state index is 14.0. The van der Waals surface area contributed by atoms with Crippen LogP contribution in [-0.4, -0.2) is 175 Å². The number of nitrogens with one attached hydrogen (secondary N) is 3. The fourth-order valence-electron chi connectivity index (χ4n) is 8.84. The highest BCUT2D eigenvalue weighted by molar-refractivity contribution is 7.47. The zero-order chi connectivity index (χ0) is 54.7. The molecule has 36 nitrogen and oxygen atoms in total. The minimum absolute atomic E-state index is 0.141. The van der Waals surface area contributed by atoms with Crippen LogP contribution in [0.4, 0.5) is 17.7 Å². The monoisotopic (exact) mass is 1140 g/mol. The van der Waals surface area contributed by atoms with Crippen molar-refractivity contribution in [2.75, 3.05) is 43.7 Å². The number of aliphatic hydroxyl groups is 3. The SMILES string of the molecule is COC1C(OP(=O)(O)OC[C@H]2O[C@@H](n3cnc4c(=O)[nH]c(N)nc43)C(O)C2OP(=O)(O)OC[C@H]2O[C@@H](n3cnc4c(=O)[nH]c(N)nc43)C(O)C2O)[C@@H](COP(=O)(O)O)O[C@H]1n1cnc2c(NCc3ccccc3)ncnc21. The number of nitrogens with two attached hydrogens (primary N) is 2. The van der Waals surface area contributed by atoms with Gasteiger partial charge in [0.25, 0.3) is 11.1 Å². The maximum Gasteiger partial charge on any atom is 0.472 e. The van der Waals surface area contributed by atoms with Gasteiger partial charge in [-0.05, 0) is 5.56 Å². The Hall–Kier alpha value is -6.08. The number of hydrogen-bond donors (Lipinski definition) is 12. The Labute approximate surface area is 428 Å². The Bertz CT molecular complexity index is 3560. The van der Waals surface area contributed by atoms with E-state index >= 15 is 0 Å². The van der Waals surface area contributed by atoms with E-state index in [-0.39, 0.29) is 45.4 Å². The number of nitrogen functional groups attached to an aromatic ring is 2. The number of anilines is 3. The number of phosphoric ester groups is 3. The van der Waals surface area contributed by atoms with Crippen LogP contribution in [0.25, 0.3) is 33.5 Å². The molecule has 10 rings (SSSR count). The first-order valence-electron chi connectivity index (χ1n) is 22.5. The number of methoxy groups -OCH3 is 1. The van der Waals surface area contributed by atoms with E-state index in [0.29, 0.717) is 12.4 Å². The van der Waals surface area contributed by atoms with Crippen molar-refractivity contribution >= 4 is 74.7 Å². The number of fused-ring (bicyclic) bond motifs is 3. The van der Waals surface area contributed by atoms with Gasteiger partial charge in [0, 0.05) is 13.7 Å². The number of rotatable bonds is 20. The molecule has 14 N–H and O–H groups in total. The van der Waals surface area contributed by atoms with Gasteiger partial charge in [-0.3, -0.25) is 55.9 Å². The lowest BCUT2D eigenvalue weighted by Gasteiger charge is -2.27. The predicted molar refractivity (Wildman–Crippen MR) is 254 cm³/mol. The maximum atomic E-state index is 14.0. The largest absolute Gasteiger partial charge is 0.472 e. The Kier molecular flexibility index (Phi) is 15.0. The van der Waals surface area contributed by atoms with Crippen molar-refractivity contribution in [3.05, 3.63) is 81.9 Å². The number of aromatic nitrogens is 12. The van der Waals surface area contributed by atoms with Crippen molar-refractivity contribution in [1.29, 1.82) is 0 Å². The third-order valence-corrected chi connectivity index (χ3v) is 14.8. The van der Waals surface area contributed by atoms with Crippen LogP contribution in [0.5, 0.6) is 0 Å². The number of phosphoric acid groups is 3. The number of ether oxygens (including phenoxy) is 4. The second-order valence-electron chi connectivity index (χ2n) is 17.3. The molecule has 6 aromatic heterocycles. The van der Waals surface area contributed by atoms with Gasteiger partial charge >= 0.3 is 23.5 Å². The molecule has 7 aromatic rings. The summed E-state index contributed by atoms with van der Waals surface area (Å²) in [5, 5.41) is 36.7. The lowest BCUT2D eigenvalue weighted by atomic mass is 10.1. The summed E-state index contributed by atoms with van der Waals surface area (Å²) < 4.78 is 92.9. The molecule has 14 atom stereocenters. The van der Waals surface area contributed by atoms with E-state index in [1.807, 2.05) is 30.3 Å². The highest BCUT2D eigenvalue weighted by Crippen LogP contribution is 2.53. The first-order valence-corrected chi connectivity index (χ1v) is 27.1.